The van der Waals surface area contributed by atoms with Crippen LogP contribution in [0, 0.1) is 0 Å². The van der Waals surface area contributed by atoms with E-state index in [2.05, 4.69) is 0 Å². The van der Waals surface area contributed by atoms with E-state index < -0.39 is 10.0 Å². The fourth-order valence-electron chi connectivity index (χ4n) is 1.71. The van der Waals surface area contributed by atoms with Crippen LogP contribution in [-0.4, -0.2) is 37.6 Å². The summed E-state index contributed by atoms with van der Waals surface area (Å²) in [4.78, 5) is 0. The Balaban J connectivity index is 2.70. The van der Waals surface area contributed by atoms with Crippen LogP contribution in [0.25, 0.3) is 0 Å². The van der Waals surface area contributed by atoms with Crippen molar-refractivity contribution in [3.8, 4) is 0 Å². The molecule has 1 aliphatic rings. The molecule has 1 fully saturated rings. The summed E-state index contributed by atoms with van der Waals surface area (Å²) in [5.41, 5.74) is 5.39. The molecular formula is C7H16N2O2S. The zero-order chi connectivity index (χ0) is 9.19. The zero-order valence-corrected chi connectivity index (χ0v) is 8.18. The second-order valence-electron chi connectivity index (χ2n) is 3.04. The molecule has 5 heteroatoms. The number of sulfonamides is 1. The van der Waals surface area contributed by atoms with Gasteiger partial charge in [0.05, 0.1) is 5.75 Å². The van der Waals surface area contributed by atoms with Crippen molar-refractivity contribution in [1.29, 1.82) is 0 Å². The fraction of sp³-hybridized carbons (Fsp3) is 1.00. The van der Waals surface area contributed by atoms with Gasteiger partial charge in [-0.2, -0.15) is 4.31 Å². The van der Waals surface area contributed by atoms with E-state index in [1.165, 1.54) is 0 Å². The molecule has 0 aromatic carbocycles. The SMILES string of the molecule is CCN1C(CCN)CCS1(=O)=O. The largest absolute Gasteiger partial charge is 0.330 e. The average molecular weight is 192 g/mol. The van der Waals surface area contributed by atoms with E-state index in [4.69, 9.17) is 5.73 Å². The molecule has 0 spiro atoms. The van der Waals surface area contributed by atoms with E-state index in [1.54, 1.807) is 4.31 Å². The lowest BCUT2D eigenvalue weighted by atomic mass is 10.1. The van der Waals surface area contributed by atoms with E-state index in [1.807, 2.05) is 6.92 Å². The summed E-state index contributed by atoms with van der Waals surface area (Å²) >= 11 is 0. The first-order chi connectivity index (χ1) is 5.61. The number of nitrogens with zero attached hydrogens (tertiary/aromatic N) is 1. The first-order valence-electron chi connectivity index (χ1n) is 4.31. The van der Waals surface area contributed by atoms with Crippen LogP contribution < -0.4 is 5.73 Å². The van der Waals surface area contributed by atoms with Gasteiger partial charge in [0.15, 0.2) is 0 Å². The van der Waals surface area contributed by atoms with Gasteiger partial charge in [-0.1, -0.05) is 6.92 Å². The predicted octanol–water partition coefficient (Wildman–Crippen LogP) is -0.241. The maximum absolute atomic E-state index is 11.4. The minimum absolute atomic E-state index is 0.157. The molecule has 1 heterocycles. The molecule has 0 aromatic heterocycles. The number of rotatable bonds is 3. The normalized spacial score (nSPS) is 29.3. The summed E-state index contributed by atoms with van der Waals surface area (Å²) in [6.07, 6.45) is 1.53. The Labute approximate surface area is 73.8 Å². The third-order valence-corrected chi connectivity index (χ3v) is 4.31. The van der Waals surface area contributed by atoms with Crippen LogP contribution in [0.5, 0.6) is 0 Å². The lowest BCUT2D eigenvalue weighted by Crippen LogP contribution is -2.34. The standard InChI is InChI=1S/C7H16N2O2S/c1-2-9-7(3-5-8)4-6-12(9,10)11/h7H,2-6,8H2,1H3. The monoisotopic (exact) mass is 192 g/mol. The summed E-state index contributed by atoms with van der Waals surface area (Å²) in [5.74, 6) is 0.297. The van der Waals surface area contributed by atoms with Crippen LogP contribution in [0.2, 0.25) is 0 Å². The molecule has 1 rings (SSSR count). The fourth-order valence-corrected chi connectivity index (χ4v) is 3.57. The molecule has 0 aliphatic carbocycles. The molecule has 1 aliphatic heterocycles. The molecule has 1 unspecified atom stereocenters. The van der Waals surface area contributed by atoms with Crippen molar-refractivity contribution in [2.24, 2.45) is 5.73 Å². The molecule has 0 saturated carbocycles. The zero-order valence-electron chi connectivity index (χ0n) is 7.36. The third kappa shape index (κ3) is 1.78. The Kier molecular flexibility index (Phi) is 3.09. The molecule has 0 aromatic rings. The highest BCUT2D eigenvalue weighted by atomic mass is 32.2. The Morgan fingerprint density at radius 1 is 1.58 bits per heavy atom. The van der Waals surface area contributed by atoms with Crippen LogP contribution in [0.15, 0.2) is 0 Å². The first-order valence-corrected chi connectivity index (χ1v) is 5.92. The predicted molar refractivity (Wildman–Crippen MR) is 48.2 cm³/mol. The Hall–Kier alpha value is -0.130. The van der Waals surface area contributed by atoms with Crippen molar-refractivity contribution in [2.75, 3.05) is 18.8 Å². The van der Waals surface area contributed by atoms with Crippen molar-refractivity contribution < 1.29 is 8.42 Å². The summed E-state index contributed by atoms with van der Waals surface area (Å²) in [6.45, 7) is 3.01. The molecule has 2 N–H and O–H groups in total. The molecule has 0 radical (unpaired) electrons. The van der Waals surface area contributed by atoms with E-state index in [0.29, 0.717) is 18.8 Å². The highest BCUT2D eigenvalue weighted by Gasteiger charge is 2.34. The van der Waals surface area contributed by atoms with Gasteiger partial charge >= 0.3 is 0 Å². The van der Waals surface area contributed by atoms with Gasteiger partial charge in [-0.25, -0.2) is 8.42 Å². The van der Waals surface area contributed by atoms with E-state index in [-0.39, 0.29) is 6.04 Å². The lowest BCUT2D eigenvalue weighted by molar-refractivity contribution is 0.343. The van der Waals surface area contributed by atoms with Crippen molar-refractivity contribution in [3.05, 3.63) is 0 Å². The highest BCUT2D eigenvalue weighted by Crippen LogP contribution is 2.22. The van der Waals surface area contributed by atoms with Gasteiger partial charge in [-0.3, -0.25) is 0 Å². The second kappa shape index (κ2) is 3.72. The summed E-state index contributed by atoms with van der Waals surface area (Å²) in [6, 6.07) is 0.157. The van der Waals surface area contributed by atoms with Gasteiger partial charge in [0, 0.05) is 12.6 Å². The van der Waals surface area contributed by atoms with E-state index in [9.17, 15) is 8.42 Å². The van der Waals surface area contributed by atoms with E-state index >= 15 is 0 Å². The first kappa shape index (κ1) is 9.95. The Morgan fingerprint density at radius 2 is 2.25 bits per heavy atom. The topological polar surface area (TPSA) is 63.4 Å². The number of hydrogen-bond acceptors (Lipinski definition) is 3. The van der Waals surface area contributed by atoms with Crippen LogP contribution in [0.3, 0.4) is 0 Å². The molecule has 1 atom stereocenters. The van der Waals surface area contributed by atoms with Gasteiger partial charge in [0.25, 0.3) is 0 Å². The van der Waals surface area contributed by atoms with Crippen molar-refractivity contribution in [1.82, 2.24) is 4.31 Å². The van der Waals surface area contributed by atoms with Crippen molar-refractivity contribution in [3.63, 3.8) is 0 Å². The minimum atomic E-state index is -2.93. The molecular weight excluding hydrogens is 176 g/mol. The maximum Gasteiger partial charge on any atom is 0.214 e. The van der Waals surface area contributed by atoms with Crippen LogP contribution in [0.1, 0.15) is 19.8 Å². The average Bonchev–Trinajstić information content (AvgIpc) is 2.27. The molecule has 1 saturated heterocycles. The highest BCUT2D eigenvalue weighted by molar-refractivity contribution is 7.89. The smallest absolute Gasteiger partial charge is 0.214 e. The van der Waals surface area contributed by atoms with Crippen LogP contribution >= 0.6 is 0 Å². The number of nitrogens with two attached hydrogens (primary N) is 1. The van der Waals surface area contributed by atoms with Crippen molar-refractivity contribution in [2.45, 2.75) is 25.8 Å². The van der Waals surface area contributed by atoms with Gasteiger partial charge in [-0.15, -0.1) is 0 Å². The molecule has 72 valence electrons. The summed E-state index contributed by atoms with van der Waals surface area (Å²) < 4.78 is 24.3. The van der Waals surface area contributed by atoms with Crippen LogP contribution in [-0.2, 0) is 10.0 Å². The molecule has 4 nitrogen and oxygen atoms in total. The Morgan fingerprint density at radius 3 is 2.75 bits per heavy atom. The Bertz CT molecular complexity index is 238. The second-order valence-corrected chi connectivity index (χ2v) is 5.08. The van der Waals surface area contributed by atoms with E-state index in [0.717, 1.165) is 12.8 Å². The third-order valence-electron chi connectivity index (χ3n) is 2.29. The quantitative estimate of drug-likeness (QED) is 0.671. The van der Waals surface area contributed by atoms with Gasteiger partial charge in [0.2, 0.25) is 10.0 Å². The lowest BCUT2D eigenvalue weighted by Gasteiger charge is -2.20. The molecule has 0 amide bonds. The van der Waals surface area contributed by atoms with Gasteiger partial charge in [-0.05, 0) is 19.4 Å². The van der Waals surface area contributed by atoms with Crippen LogP contribution in [0.4, 0.5) is 0 Å². The summed E-state index contributed by atoms with van der Waals surface area (Å²) in [5, 5.41) is 0. The van der Waals surface area contributed by atoms with Crippen molar-refractivity contribution >= 4 is 10.0 Å². The van der Waals surface area contributed by atoms with Gasteiger partial charge in [0.1, 0.15) is 0 Å². The minimum Gasteiger partial charge on any atom is -0.330 e. The number of hydrogen-bond donors (Lipinski definition) is 1. The summed E-state index contributed by atoms with van der Waals surface area (Å²) in [7, 11) is -2.93. The molecule has 0 bridgehead atoms. The van der Waals surface area contributed by atoms with Gasteiger partial charge < -0.3 is 5.73 Å². The molecule has 12 heavy (non-hydrogen) atoms. The maximum atomic E-state index is 11.4.